The Morgan fingerprint density at radius 3 is 2.65 bits per heavy atom. The first-order valence-electron chi connectivity index (χ1n) is 7.24. The Balaban J connectivity index is 2.25. The monoisotopic (exact) mass is 235 g/mol. The predicted molar refractivity (Wildman–Crippen MR) is 75.1 cm³/mol. The minimum absolute atomic E-state index is 0.372. The second kappa shape index (κ2) is 4.42. The van der Waals surface area contributed by atoms with E-state index in [1.807, 2.05) is 0 Å². The number of hydrogen-bond donors (Lipinski definition) is 0. The molecule has 3 atom stereocenters. The van der Waals surface area contributed by atoms with E-state index in [1.165, 1.54) is 31.3 Å². The second-order valence-electron chi connectivity index (χ2n) is 7.20. The van der Waals surface area contributed by atoms with Crippen molar-refractivity contribution in [2.45, 2.75) is 65.0 Å². The zero-order valence-electron chi connectivity index (χ0n) is 12.3. The van der Waals surface area contributed by atoms with Gasteiger partial charge in [0.25, 0.3) is 0 Å². The van der Waals surface area contributed by atoms with Crippen LogP contribution in [0.2, 0.25) is 0 Å². The molecule has 0 spiro atoms. The molecular weight excluding hydrogens is 206 g/mol. The van der Waals surface area contributed by atoms with Crippen molar-refractivity contribution in [2.24, 2.45) is 17.8 Å². The molecule has 0 amide bonds. The van der Waals surface area contributed by atoms with Crippen LogP contribution in [-0.4, -0.2) is 23.5 Å². The highest BCUT2D eigenvalue weighted by molar-refractivity contribution is 5.15. The van der Waals surface area contributed by atoms with E-state index in [0.29, 0.717) is 11.6 Å². The van der Waals surface area contributed by atoms with Crippen LogP contribution in [0.25, 0.3) is 0 Å². The molecular formula is C16H29N. The molecule has 0 aromatic rings. The SMILES string of the molecule is C=C1CCC2C[C@H]1[C@@H](CC(C)C)N(C)C2(C)C. The smallest absolute Gasteiger partial charge is 0.0181 e. The number of likely N-dealkylation sites (tertiary alicyclic amines) is 1. The molecule has 2 bridgehead atoms. The summed E-state index contributed by atoms with van der Waals surface area (Å²) in [4.78, 5) is 2.66. The van der Waals surface area contributed by atoms with Crippen molar-refractivity contribution in [3.63, 3.8) is 0 Å². The largest absolute Gasteiger partial charge is 0.297 e. The normalized spacial score (nSPS) is 37.5. The Kier molecular flexibility index (Phi) is 3.42. The van der Waals surface area contributed by atoms with E-state index in [2.05, 4.69) is 46.2 Å². The van der Waals surface area contributed by atoms with E-state index in [4.69, 9.17) is 0 Å². The predicted octanol–water partition coefficient (Wildman–Crippen LogP) is 4.10. The van der Waals surface area contributed by atoms with Gasteiger partial charge < -0.3 is 0 Å². The highest BCUT2D eigenvalue weighted by Gasteiger charge is 2.48. The van der Waals surface area contributed by atoms with E-state index < -0.39 is 0 Å². The summed E-state index contributed by atoms with van der Waals surface area (Å²) in [5.41, 5.74) is 1.89. The van der Waals surface area contributed by atoms with Gasteiger partial charge in [-0.25, -0.2) is 0 Å². The summed E-state index contributed by atoms with van der Waals surface area (Å²) in [6.07, 6.45) is 5.31. The number of hydrogen-bond acceptors (Lipinski definition) is 1. The van der Waals surface area contributed by atoms with Gasteiger partial charge in [-0.2, -0.15) is 0 Å². The van der Waals surface area contributed by atoms with Crippen molar-refractivity contribution in [2.75, 3.05) is 7.05 Å². The summed E-state index contributed by atoms with van der Waals surface area (Å²) in [5, 5.41) is 0. The van der Waals surface area contributed by atoms with Crippen LogP contribution in [0.3, 0.4) is 0 Å². The molecule has 1 heterocycles. The van der Waals surface area contributed by atoms with Crippen molar-refractivity contribution in [1.82, 2.24) is 4.90 Å². The summed E-state index contributed by atoms with van der Waals surface area (Å²) in [6.45, 7) is 13.9. The van der Waals surface area contributed by atoms with Crippen LogP contribution in [-0.2, 0) is 0 Å². The summed E-state index contributed by atoms with van der Waals surface area (Å²) in [6, 6.07) is 0.717. The third kappa shape index (κ3) is 2.19. The van der Waals surface area contributed by atoms with Gasteiger partial charge >= 0.3 is 0 Å². The number of nitrogens with zero attached hydrogens (tertiary/aromatic N) is 1. The first-order valence-corrected chi connectivity index (χ1v) is 7.24. The molecule has 1 unspecified atom stereocenters. The van der Waals surface area contributed by atoms with E-state index in [-0.39, 0.29) is 0 Å². The first-order chi connectivity index (χ1) is 7.84. The molecule has 0 aromatic heterocycles. The first kappa shape index (κ1) is 13.1. The lowest BCUT2D eigenvalue weighted by Gasteiger charge is -2.57. The van der Waals surface area contributed by atoms with Crippen molar-refractivity contribution < 1.29 is 0 Å². The minimum Gasteiger partial charge on any atom is -0.297 e. The summed E-state index contributed by atoms with van der Waals surface area (Å²) < 4.78 is 0. The fourth-order valence-electron chi connectivity index (χ4n) is 4.00. The van der Waals surface area contributed by atoms with Crippen LogP contribution in [0, 0.1) is 17.8 Å². The molecule has 2 rings (SSSR count). The van der Waals surface area contributed by atoms with E-state index in [1.54, 1.807) is 0 Å². The quantitative estimate of drug-likeness (QED) is 0.651. The molecule has 1 heteroatoms. The number of rotatable bonds is 2. The van der Waals surface area contributed by atoms with Crippen LogP contribution >= 0.6 is 0 Å². The Labute approximate surface area is 107 Å². The van der Waals surface area contributed by atoms with Gasteiger partial charge in [0.05, 0.1) is 0 Å². The standard InChI is InChI=1S/C16H29N/c1-11(2)9-15-14-10-13(8-7-12(14)3)16(4,5)17(15)6/h11,13-15H,3,7-10H2,1-2,4-6H3/t13?,14-,15-/m1/s1. The zero-order valence-corrected chi connectivity index (χ0v) is 12.3. The van der Waals surface area contributed by atoms with Crippen LogP contribution in [0.5, 0.6) is 0 Å². The molecule has 2 fully saturated rings. The third-order valence-electron chi connectivity index (χ3n) is 5.46. The van der Waals surface area contributed by atoms with Crippen LogP contribution < -0.4 is 0 Å². The average Bonchev–Trinajstić information content (AvgIpc) is 2.24. The van der Waals surface area contributed by atoms with Gasteiger partial charge in [-0.3, -0.25) is 4.90 Å². The van der Waals surface area contributed by atoms with Gasteiger partial charge in [-0.15, -0.1) is 0 Å². The highest BCUT2D eigenvalue weighted by atomic mass is 15.2. The zero-order chi connectivity index (χ0) is 12.8. The maximum absolute atomic E-state index is 4.35. The molecule has 1 aliphatic carbocycles. The Morgan fingerprint density at radius 2 is 2.06 bits per heavy atom. The molecule has 0 aromatic carbocycles. The maximum Gasteiger partial charge on any atom is 0.0181 e. The lowest BCUT2D eigenvalue weighted by Crippen LogP contribution is -2.61. The molecule has 1 nitrogen and oxygen atoms in total. The Hall–Kier alpha value is -0.300. The van der Waals surface area contributed by atoms with Crippen molar-refractivity contribution in [3.05, 3.63) is 12.2 Å². The highest BCUT2D eigenvalue weighted by Crippen LogP contribution is 2.49. The second-order valence-corrected chi connectivity index (χ2v) is 7.20. The van der Waals surface area contributed by atoms with Gasteiger partial charge in [0.1, 0.15) is 0 Å². The van der Waals surface area contributed by atoms with Crippen LogP contribution in [0.1, 0.15) is 53.4 Å². The van der Waals surface area contributed by atoms with E-state index in [9.17, 15) is 0 Å². The topological polar surface area (TPSA) is 3.24 Å². The fourth-order valence-corrected chi connectivity index (χ4v) is 4.00. The van der Waals surface area contributed by atoms with Crippen LogP contribution in [0.15, 0.2) is 12.2 Å². The number of piperidine rings is 1. The van der Waals surface area contributed by atoms with E-state index >= 15 is 0 Å². The molecule has 0 N–H and O–H groups in total. The molecule has 98 valence electrons. The van der Waals surface area contributed by atoms with Crippen LogP contribution in [0.4, 0.5) is 0 Å². The maximum atomic E-state index is 4.35. The minimum atomic E-state index is 0.372. The lowest BCUT2D eigenvalue weighted by molar-refractivity contribution is -0.0482. The van der Waals surface area contributed by atoms with Crippen molar-refractivity contribution in [3.8, 4) is 0 Å². The van der Waals surface area contributed by atoms with Gasteiger partial charge in [0.15, 0.2) is 0 Å². The van der Waals surface area contributed by atoms with Gasteiger partial charge in [-0.1, -0.05) is 26.0 Å². The van der Waals surface area contributed by atoms with Gasteiger partial charge in [0.2, 0.25) is 0 Å². The average molecular weight is 235 g/mol. The molecule has 1 saturated heterocycles. The van der Waals surface area contributed by atoms with Crippen molar-refractivity contribution >= 4 is 0 Å². The van der Waals surface area contributed by atoms with Gasteiger partial charge in [0, 0.05) is 11.6 Å². The summed E-state index contributed by atoms with van der Waals surface area (Å²) in [7, 11) is 2.34. The fraction of sp³-hybridized carbons (Fsp3) is 0.875. The van der Waals surface area contributed by atoms with Crippen molar-refractivity contribution in [1.29, 1.82) is 0 Å². The summed E-state index contributed by atoms with van der Waals surface area (Å²) in [5.74, 6) is 2.41. The summed E-state index contributed by atoms with van der Waals surface area (Å²) >= 11 is 0. The molecule has 0 radical (unpaired) electrons. The molecule has 1 aliphatic heterocycles. The Morgan fingerprint density at radius 1 is 1.41 bits per heavy atom. The molecule has 1 saturated carbocycles. The third-order valence-corrected chi connectivity index (χ3v) is 5.46. The van der Waals surface area contributed by atoms with Gasteiger partial charge in [-0.05, 0) is 64.3 Å². The lowest BCUT2D eigenvalue weighted by atomic mass is 9.62. The van der Waals surface area contributed by atoms with E-state index in [0.717, 1.165) is 17.8 Å². The number of fused-ring (bicyclic) bond motifs is 2. The Bertz CT molecular complexity index is 303. The molecule has 17 heavy (non-hydrogen) atoms. The molecule has 2 aliphatic rings.